The second-order valence-electron chi connectivity index (χ2n) is 5.29. The summed E-state index contributed by atoms with van der Waals surface area (Å²) < 4.78 is 44.9. The zero-order chi connectivity index (χ0) is 17.5. The van der Waals surface area contributed by atoms with Crippen molar-refractivity contribution in [2.75, 3.05) is 20.1 Å². The van der Waals surface area contributed by atoms with Crippen LogP contribution in [0, 0.1) is 17.5 Å². The molecule has 0 atom stereocenters. The summed E-state index contributed by atoms with van der Waals surface area (Å²) >= 11 is 0. The maximum absolute atomic E-state index is 13.3. The minimum absolute atomic E-state index is 0. The van der Waals surface area contributed by atoms with Crippen molar-refractivity contribution >= 4 is 29.9 Å². The molecule has 1 N–H and O–H groups in total. The second-order valence-corrected chi connectivity index (χ2v) is 5.29. The van der Waals surface area contributed by atoms with Crippen molar-refractivity contribution in [1.29, 1.82) is 0 Å². The molecular weight excluding hydrogens is 446 g/mol. The van der Waals surface area contributed by atoms with E-state index in [2.05, 4.69) is 10.3 Å². The van der Waals surface area contributed by atoms with E-state index in [4.69, 9.17) is 4.42 Å². The van der Waals surface area contributed by atoms with E-state index in [-0.39, 0.29) is 30.5 Å². The summed E-state index contributed by atoms with van der Waals surface area (Å²) in [5.74, 6) is -2.43. The Bertz CT molecular complexity index is 669. The third kappa shape index (κ3) is 6.26. The number of halogens is 4. The molecule has 2 aromatic rings. The zero-order valence-electron chi connectivity index (χ0n) is 14.1. The van der Waals surface area contributed by atoms with Crippen LogP contribution >= 0.6 is 24.0 Å². The van der Waals surface area contributed by atoms with E-state index in [0.717, 1.165) is 17.9 Å². The summed E-state index contributed by atoms with van der Waals surface area (Å²) in [7, 11) is 1.74. The lowest BCUT2D eigenvalue weighted by atomic mass is 10.2. The Hall–Kier alpha value is -1.71. The van der Waals surface area contributed by atoms with Gasteiger partial charge in [0.2, 0.25) is 0 Å². The largest absolute Gasteiger partial charge is 0.469 e. The van der Waals surface area contributed by atoms with E-state index in [1.807, 2.05) is 19.1 Å². The van der Waals surface area contributed by atoms with Gasteiger partial charge >= 0.3 is 0 Å². The van der Waals surface area contributed by atoms with Crippen LogP contribution in [0.1, 0.15) is 18.2 Å². The number of furan rings is 1. The van der Waals surface area contributed by atoms with Crippen LogP contribution in [0.3, 0.4) is 0 Å². The SMILES string of the molecule is CCNC(=NCCc1ccco1)N(C)Cc1cc(F)c(F)c(F)c1.I. The van der Waals surface area contributed by atoms with Gasteiger partial charge in [0.15, 0.2) is 23.4 Å². The predicted molar refractivity (Wildman–Crippen MR) is 102 cm³/mol. The monoisotopic (exact) mass is 467 g/mol. The lowest BCUT2D eigenvalue weighted by molar-refractivity contribution is 0.434. The number of nitrogens with one attached hydrogen (secondary N) is 1. The predicted octanol–water partition coefficient (Wildman–Crippen LogP) is 3.95. The molecule has 0 amide bonds. The number of nitrogens with zero attached hydrogens (tertiary/aromatic N) is 2. The first kappa shape index (κ1) is 21.3. The fraction of sp³-hybridized carbons (Fsp3) is 0.353. The van der Waals surface area contributed by atoms with Crippen LogP contribution in [-0.4, -0.2) is 31.0 Å². The van der Waals surface area contributed by atoms with E-state index >= 15 is 0 Å². The number of hydrogen-bond donors (Lipinski definition) is 1. The Morgan fingerprint density at radius 2 is 1.92 bits per heavy atom. The molecule has 0 fully saturated rings. The molecule has 8 heteroatoms. The van der Waals surface area contributed by atoms with Gasteiger partial charge in [-0.05, 0) is 36.8 Å². The number of aliphatic imine (C=N–C) groups is 1. The fourth-order valence-corrected chi connectivity index (χ4v) is 2.24. The lowest BCUT2D eigenvalue weighted by Crippen LogP contribution is -2.38. The van der Waals surface area contributed by atoms with Crippen LogP contribution < -0.4 is 5.32 Å². The highest BCUT2D eigenvalue weighted by molar-refractivity contribution is 14.0. The molecule has 1 heterocycles. The Kier molecular flexibility index (Phi) is 8.81. The van der Waals surface area contributed by atoms with Crippen molar-refractivity contribution in [3.05, 3.63) is 59.3 Å². The quantitative estimate of drug-likeness (QED) is 0.303. The Labute approximate surface area is 162 Å². The molecule has 0 bridgehead atoms. The molecule has 0 aliphatic heterocycles. The second kappa shape index (κ2) is 10.3. The molecule has 0 spiro atoms. The maximum atomic E-state index is 13.3. The molecule has 138 valence electrons. The molecule has 0 unspecified atom stereocenters. The van der Waals surface area contributed by atoms with Gasteiger partial charge < -0.3 is 14.6 Å². The van der Waals surface area contributed by atoms with Crippen molar-refractivity contribution in [3.8, 4) is 0 Å². The van der Waals surface area contributed by atoms with Crippen molar-refractivity contribution in [2.45, 2.75) is 19.9 Å². The Morgan fingerprint density at radius 3 is 2.48 bits per heavy atom. The summed E-state index contributed by atoms with van der Waals surface area (Å²) in [6.07, 6.45) is 2.25. The van der Waals surface area contributed by atoms with Crippen LogP contribution in [0.25, 0.3) is 0 Å². The first-order valence-electron chi connectivity index (χ1n) is 7.66. The van der Waals surface area contributed by atoms with Gasteiger partial charge in [0.05, 0.1) is 6.26 Å². The summed E-state index contributed by atoms with van der Waals surface area (Å²) in [5.41, 5.74) is 0.325. The number of guanidine groups is 1. The molecule has 0 aliphatic carbocycles. The van der Waals surface area contributed by atoms with E-state index in [1.54, 1.807) is 18.2 Å². The molecule has 4 nitrogen and oxygen atoms in total. The Balaban J connectivity index is 0.00000312. The van der Waals surface area contributed by atoms with Crippen LogP contribution in [0.2, 0.25) is 0 Å². The van der Waals surface area contributed by atoms with E-state index in [9.17, 15) is 13.2 Å². The highest BCUT2D eigenvalue weighted by atomic mass is 127. The Morgan fingerprint density at radius 1 is 1.24 bits per heavy atom. The first-order valence-corrected chi connectivity index (χ1v) is 7.66. The highest BCUT2D eigenvalue weighted by Crippen LogP contribution is 2.15. The zero-order valence-corrected chi connectivity index (χ0v) is 16.4. The summed E-state index contributed by atoms with van der Waals surface area (Å²) in [4.78, 5) is 6.18. The normalized spacial score (nSPS) is 11.2. The van der Waals surface area contributed by atoms with Crippen LogP contribution in [0.15, 0.2) is 39.9 Å². The van der Waals surface area contributed by atoms with Gasteiger partial charge in [0.25, 0.3) is 0 Å². The molecule has 1 aromatic heterocycles. The summed E-state index contributed by atoms with van der Waals surface area (Å²) in [6, 6.07) is 5.66. The topological polar surface area (TPSA) is 40.8 Å². The van der Waals surface area contributed by atoms with Crippen LogP contribution in [0.5, 0.6) is 0 Å². The van der Waals surface area contributed by atoms with Crippen molar-refractivity contribution < 1.29 is 17.6 Å². The van der Waals surface area contributed by atoms with E-state index in [1.165, 1.54) is 0 Å². The van der Waals surface area contributed by atoms with Crippen LogP contribution in [0.4, 0.5) is 13.2 Å². The summed E-state index contributed by atoms with van der Waals surface area (Å²) in [6.45, 7) is 3.27. The third-order valence-corrected chi connectivity index (χ3v) is 3.36. The first-order chi connectivity index (χ1) is 11.5. The van der Waals surface area contributed by atoms with Crippen molar-refractivity contribution in [2.24, 2.45) is 4.99 Å². The average Bonchev–Trinajstić information content (AvgIpc) is 3.05. The minimum Gasteiger partial charge on any atom is -0.469 e. The van der Waals surface area contributed by atoms with Crippen molar-refractivity contribution in [1.82, 2.24) is 10.2 Å². The molecule has 0 radical (unpaired) electrons. The maximum Gasteiger partial charge on any atom is 0.194 e. The van der Waals surface area contributed by atoms with Gasteiger partial charge in [0.1, 0.15) is 5.76 Å². The van der Waals surface area contributed by atoms with Gasteiger partial charge in [-0.25, -0.2) is 13.2 Å². The number of benzene rings is 1. The van der Waals surface area contributed by atoms with Gasteiger partial charge in [-0.1, -0.05) is 0 Å². The molecule has 25 heavy (non-hydrogen) atoms. The van der Waals surface area contributed by atoms with E-state index in [0.29, 0.717) is 31.0 Å². The smallest absolute Gasteiger partial charge is 0.194 e. The number of rotatable bonds is 6. The van der Waals surface area contributed by atoms with Gasteiger partial charge in [0, 0.05) is 33.1 Å². The minimum atomic E-state index is -1.46. The summed E-state index contributed by atoms with van der Waals surface area (Å²) in [5, 5.41) is 3.11. The standard InChI is InChI=1S/C17H20F3N3O.HI/c1-3-21-17(22-7-6-13-5-4-8-24-13)23(2)11-12-9-14(18)16(20)15(19)10-12;/h4-5,8-10H,3,6-7,11H2,1-2H3,(H,21,22);1H. The highest BCUT2D eigenvalue weighted by Gasteiger charge is 2.13. The van der Waals surface area contributed by atoms with E-state index < -0.39 is 17.5 Å². The molecule has 2 rings (SSSR count). The molecule has 1 aromatic carbocycles. The lowest BCUT2D eigenvalue weighted by Gasteiger charge is -2.22. The van der Waals surface area contributed by atoms with Gasteiger partial charge in [-0.15, -0.1) is 24.0 Å². The van der Waals surface area contributed by atoms with Crippen LogP contribution in [-0.2, 0) is 13.0 Å². The molecule has 0 aliphatic rings. The molecule has 0 saturated heterocycles. The number of hydrogen-bond acceptors (Lipinski definition) is 2. The van der Waals surface area contributed by atoms with Gasteiger partial charge in [-0.3, -0.25) is 4.99 Å². The fourth-order valence-electron chi connectivity index (χ4n) is 2.24. The van der Waals surface area contributed by atoms with Gasteiger partial charge in [-0.2, -0.15) is 0 Å². The van der Waals surface area contributed by atoms with Crippen molar-refractivity contribution in [3.63, 3.8) is 0 Å². The third-order valence-electron chi connectivity index (χ3n) is 3.36. The average molecular weight is 467 g/mol. The molecule has 0 saturated carbocycles. The molecular formula is C17H21F3IN3O.